The van der Waals surface area contributed by atoms with E-state index in [1.807, 2.05) is 17.0 Å². The van der Waals surface area contributed by atoms with E-state index in [-0.39, 0.29) is 0 Å². The van der Waals surface area contributed by atoms with Crippen molar-refractivity contribution >= 4 is 11.6 Å². The molecule has 1 aliphatic heterocycles. The van der Waals surface area contributed by atoms with Crippen LogP contribution in [-0.2, 0) is 4.79 Å². The van der Waals surface area contributed by atoms with Gasteiger partial charge in [0, 0.05) is 5.92 Å². The number of rotatable bonds is 1. The molecule has 19 heavy (non-hydrogen) atoms. The number of benzene rings is 1. The summed E-state index contributed by atoms with van der Waals surface area (Å²) in [5.74, 6) is 2.88. The predicted octanol–water partition coefficient (Wildman–Crippen LogP) is 2.77. The Bertz CT molecular complexity index is 530. The Hall–Kier alpha value is -1.51. The van der Waals surface area contributed by atoms with E-state index in [1.165, 1.54) is 24.8 Å². The average molecular weight is 257 g/mol. The molecule has 0 N–H and O–H groups in total. The van der Waals surface area contributed by atoms with Crippen molar-refractivity contribution in [2.45, 2.75) is 26.2 Å². The molecule has 1 heterocycles. The van der Waals surface area contributed by atoms with Gasteiger partial charge in [0.05, 0.1) is 12.2 Å². The van der Waals surface area contributed by atoms with E-state index in [4.69, 9.17) is 4.74 Å². The maximum atomic E-state index is 12.7. The minimum absolute atomic E-state index is 0.306. The van der Waals surface area contributed by atoms with Crippen molar-refractivity contribution < 1.29 is 9.53 Å². The summed E-state index contributed by atoms with van der Waals surface area (Å²) < 4.78 is 5.68. The predicted molar refractivity (Wildman–Crippen MR) is 73.3 cm³/mol. The quantitative estimate of drug-likeness (QED) is 0.774. The van der Waals surface area contributed by atoms with Crippen LogP contribution >= 0.6 is 0 Å². The molecule has 0 bridgehead atoms. The third-order valence-corrected chi connectivity index (χ3v) is 4.94. The summed E-state index contributed by atoms with van der Waals surface area (Å²) in [7, 11) is 0. The molecule has 3 nitrogen and oxygen atoms in total. The van der Waals surface area contributed by atoms with Gasteiger partial charge in [0.2, 0.25) is 5.91 Å². The van der Waals surface area contributed by atoms with Crippen molar-refractivity contribution in [2.75, 3.05) is 18.1 Å². The van der Waals surface area contributed by atoms with Gasteiger partial charge >= 0.3 is 0 Å². The molecule has 2 fully saturated rings. The van der Waals surface area contributed by atoms with Crippen molar-refractivity contribution in [3.8, 4) is 5.75 Å². The second kappa shape index (κ2) is 3.99. The summed E-state index contributed by atoms with van der Waals surface area (Å²) >= 11 is 0. The molecule has 0 saturated heterocycles. The maximum absolute atomic E-state index is 12.7. The number of carbonyl (C=O) groups is 1. The van der Waals surface area contributed by atoms with Crippen LogP contribution in [0.25, 0.3) is 0 Å². The first kappa shape index (κ1) is 11.3. The van der Waals surface area contributed by atoms with Gasteiger partial charge in [-0.2, -0.15) is 0 Å². The van der Waals surface area contributed by atoms with Crippen molar-refractivity contribution in [3.63, 3.8) is 0 Å². The molecule has 4 rings (SSSR count). The third-order valence-electron chi connectivity index (χ3n) is 4.94. The highest BCUT2D eigenvalue weighted by Crippen LogP contribution is 2.58. The lowest BCUT2D eigenvalue weighted by molar-refractivity contribution is -0.120. The highest BCUT2D eigenvalue weighted by atomic mass is 16.5. The lowest BCUT2D eigenvalue weighted by atomic mass is 10.1. The standard InChI is InChI=1S/C16H19NO2/c1-10-5-6-13-14(9-10)19-8-7-17(13)16(18)15-11-3-2-4-12(11)15/h5-6,9,11-12,15H,2-4,7-8H2,1H3. The highest BCUT2D eigenvalue weighted by molar-refractivity contribution is 5.99. The van der Waals surface area contributed by atoms with Crippen LogP contribution in [-0.4, -0.2) is 19.1 Å². The lowest BCUT2D eigenvalue weighted by Crippen LogP contribution is -2.39. The van der Waals surface area contributed by atoms with Crippen molar-refractivity contribution in [1.82, 2.24) is 0 Å². The Morgan fingerprint density at radius 3 is 2.89 bits per heavy atom. The molecule has 1 aromatic carbocycles. The summed E-state index contributed by atoms with van der Waals surface area (Å²) in [6.07, 6.45) is 3.83. The van der Waals surface area contributed by atoms with Crippen LogP contribution in [0.4, 0.5) is 5.69 Å². The molecule has 100 valence electrons. The molecule has 2 aliphatic carbocycles. The smallest absolute Gasteiger partial charge is 0.230 e. The number of amides is 1. The van der Waals surface area contributed by atoms with Gasteiger partial charge in [-0.1, -0.05) is 12.5 Å². The fraction of sp³-hybridized carbons (Fsp3) is 0.562. The molecule has 0 aromatic heterocycles. The van der Waals surface area contributed by atoms with E-state index in [0.717, 1.165) is 11.4 Å². The van der Waals surface area contributed by atoms with Gasteiger partial charge in [-0.15, -0.1) is 0 Å². The summed E-state index contributed by atoms with van der Waals surface area (Å²) in [6, 6.07) is 6.11. The van der Waals surface area contributed by atoms with E-state index in [1.54, 1.807) is 0 Å². The zero-order chi connectivity index (χ0) is 13.0. The topological polar surface area (TPSA) is 29.5 Å². The van der Waals surface area contributed by atoms with E-state index in [9.17, 15) is 4.79 Å². The van der Waals surface area contributed by atoms with Crippen LogP contribution < -0.4 is 9.64 Å². The maximum Gasteiger partial charge on any atom is 0.230 e. The SMILES string of the molecule is Cc1ccc2c(c1)OCCN2C(=O)C1C2CCCC21. The van der Waals surface area contributed by atoms with Crippen LogP contribution in [0.2, 0.25) is 0 Å². The van der Waals surface area contributed by atoms with Crippen LogP contribution in [0, 0.1) is 24.7 Å². The van der Waals surface area contributed by atoms with Gasteiger partial charge in [0.25, 0.3) is 0 Å². The van der Waals surface area contributed by atoms with Crippen LogP contribution in [0.1, 0.15) is 24.8 Å². The van der Waals surface area contributed by atoms with E-state index >= 15 is 0 Å². The summed E-state index contributed by atoms with van der Waals surface area (Å²) in [5.41, 5.74) is 2.14. The number of aryl methyl sites for hydroxylation is 1. The van der Waals surface area contributed by atoms with E-state index in [2.05, 4.69) is 13.0 Å². The normalized spacial score (nSPS) is 31.4. The van der Waals surface area contributed by atoms with Crippen LogP contribution in [0.15, 0.2) is 18.2 Å². The second-order valence-electron chi connectivity index (χ2n) is 6.09. The molecular weight excluding hydrogens is 238 g/mol. The van der Waals surface area contributed by atoms with Gasteiger partial charge in [-0.25, -0.2) is 0 Å². The molecule has 2 saturated carbocycles. The lowest BCUT2D eigenvalue weighted by Gasteiger charge is -2.30. The highest BCUT2D eigenvalue weighted by Gasteiger charge is 2.57. The molecule has 3 aliphatic rings. The Morgan fingerprint density at radius 1 is 1.32 bits per heavy atom. The second-order valence-corrected chi connectivity index (χ2v) is 6.09. The number of nitrogens with zero attached hydrogens (tertiary/aromatic N) is 1. The van der Waals surface area contributed by atoms with Crippen molar-refractivity contribution in [1.29, 1.82) is 0 Å². The number of hydrogen-bond donors (Lipinski definition) is 0. The Labute approximate surface area is 113 Å². The molecule has 0 spiro atoms. The first-order valence-corrected chi connectivity index (χ1v) is 7.30. The molecule has 0 radical (unpaired) electrons. The number of carbonyl (C=O) groups excluding carboxylic acids is 1. The molecule has 2 unspecified atom stereocenters. The average Bonchev–Trinajstić information content (AvgIpc) is 2.89. The largest absolute Gasteiger partial charge is 0.490 e. The zero-order valence-electron chi connectivity index (χ0n) is 11.3. The van der Waals surface area contributed by atoms with Gasteiger partial charge in [0.1, 0.15) is 12.4 Å². The number of anilines is 1. The van der Waals surface area contributed by atoms with Crippen molar-refractivity contribution in [2.24, 2.45) is 17.8 Å². The molecular formula is C16H19NO2. The Morgan fingerprint density at radius 2 is 2.11 bits per heavy atom. The number of ether oxygens (including phenoxy) is 1. The molecule has 1 aromatic rings. The molecule has 1 amide bonds. The number of hydrogen-bond acceptors (Lipinski definition) is 2. The third kappa shape index (κ3) is 1.67. The summed E-state index contributed by atoms with van der Waals surface area (Å²) in [6.45, 7) is 3.37. The van der Waals surface area contributed by atoms with E-state index in [0.29, 0.717) is 36.8 Å². The zero-order valence-corrected chi connectivity index (χ0v) is 11.3. The van der Waals surface area contributed by atoms with Crippen LogP contribution in [0.3, 0.4) is 0 Å². The first-order valence-electron chi connectivity index (χ1n) is 7.30. The Kier molecular flexibility index (Phi) is 2.38. The fourth-order valence-electron chi connectivity index (χ4n) is 3.92. The monoisotopic (exact) mass is 257 g/mol. The summed E-state index contributed by atoms with van der Waals surface area (Å²) in [5, 5.41) is 0. The van der Waals surface area contributed by atoms with Gasteiger partial charge < -0.3 is 9.64 Å². The first-order chi connectivity index (χ1) is 9.25. The fourth-order valence-corrected chi connectivity index (χ4v) is 3.92. The minimum atomic E-state index is 0.306. The van der Waals surface area contributed by atoms with E-state index < -0.39 is 0 Å². The van der Waals surface area contributed by atoms with Gasteiger partial charge in [-0.05, 0) is 49.3 Å². The van der Waals surface area contributed by atoms with Gasteiger partial charge in [-0.3, -0.25) is 4.79 Å². The summed E-state index contributed by atoms with van der Waals surface area (Å²) in [4.78, 5) is 14.7. The van der Waals surface area contributed by atoms with Crippen molar-refractivity contribution in [3.05, 3.63) is 23.8 Å². The Balaban J connectivity index is 1.61. The minimum Gasteiger partial charge on any atom is -0.490 e. The van der Waals surface area contributed by atoms with Gasteiger partial charge in [0.15, 0.2) is 0 Å². The number of fused-ring (bicyclic) bond motifs is 2. The van der Waals surface area contributed by atoms with Crippen LogP contribution in [0.5, 0.6) is 5.75 Å². The molecule has 2 atom stereocenters. The molecule has 3 heteroatoms.